The zero-order valence-corrected chi connectivity index (χ0v) is 7.52. The standard InChI is InChI=1S/C11H20/c1-2-8-11-9-6-4-3-5-7-10-11/h1,11H,2-10H2. The molecule has 0 bridgehead atoms. The van der Waals surface area contributed by atoms with Crippen LogP contribution < -0.4 is 0 Å². The molecule has 1 aliphatic carbocycles. The summed E-state index contributed by atoms with van der Waals surface area (Å²) in [6, 6.07) is 0. The van der Waals surface area contributed by atoms with E-state index >= 15 is 0 Å². The first kappa shape index (κ1) is 9.09. The fourth-order valence-electron chi connectivity index (χ4n) is 2.07. The van der Waals surface area contributed by atoms with Crippen LogP contribution in [0.4, 0.5) is 0 Å². The lowest BCUT2D eigenvalue weighted by Gasteiger charge is -2.18. The fraction of sp³-hybridized carbons (Fsp3) is 0.909. The first-order chi connectivity index (χ1) is 5.43. The van der Waals surface area contributed by atoms with Crippen molar-refractivity contribution >= 4 is 0 Å². The second-order valence-corrected chi connectivity index (χ2v) is 3.79. The summed E-state index contributed by atoms with van der Waals surface area (Å²) in [7, 11) is 0. The molecule has 0 N–H and O–H groups in total. The van der Waals surface area contributed by atoms with Gasteiger partial charge in [0.1, 0.15) is 0 Å². The average Bonchev–Trinajstić information content (AvgIpc) is 1.94. The number of hydrogen-bond acceptors (Lipinski definition) is 0. The highest BCUT2D eigenvalue weighted by Crippen LogP contribution is 2.25. The summed E-state index contributed by atoms with van der Waals surface area (Å²) < 4.78 is 0. The molecule has 64 valence electrons. The van der Waals surface area contributed by atoms with Gasteiger partial charge in [-0.15, -0.1) is 0 Å². The predicted octanol–water partition coefficient (Wildman–Crippen LogP) is 3.84. The highest BCUT2D eigenvalue weighted by molar-refractivity contribution is 4.64. The molecule has 0 aromatic heterocycles. The molecule has 0 amide bonds. The molecule has 0 heteroatoms. The molecule has 0 saturated heterocycles. The first-order valence-corrected chi connectivity index (χ1v) is 5.13. The van der Waals surface area contributed by atoms with Gasteiger partial charge in [-0.1, -0.05) is 51.4 Å². The molecule has 0 heterocycles. The molecule has 11 heavy (non-hydrogen) atoms. The third kappa shape index (κ3) is 3.79. The van der Waals surface area contributed by atoms with E-state index < -0.39 is 0 Å². The summed E-state index contributed by atoms with van der Waals surface area (Å²) in [5.41, 5.74) is 0. The Morgan fingerprint density at radius 1 is 0.909 bits per heavy atom. The highest BCUT2D eigenvalue weighted by Gasteiger charge is 2.09. The van der Waals surface area contributed by atoms with E-state index in [2.05, 4.69) is 0 Å². The lowest BCUT2D eigenvalue weighted by Crippen LogP contribution is -2.02. The Balaban J connectivity index is 2.15. The van der Waals surface area contributed by atoms with E-state index in [1.165, 1.54) is 51.4 Å². The van der Waals surface area contributed by atoms with Gasteiger partial charge < -0.3 is 0 Å². The summed E-state index contributed by atoms with van der Waals surface area (Å²) in [6.45, 7) is 5.55. The Bertz CT molecular complexity index is 78.0. The molecule has 2 radical (unpaired) electrons. The van der Waals surface area contributed by atoms with Crippen molar-refractivity contribution in [1.82, 2.24) is 0 Å². The highest BCUT2D eigenvalue weighted by atomic mass is 14.1. The van der Waals surface area contributed by atoms with Crippen LogP contribution in [0.25, 0.3) is 0 Å². The minimum atomic E-state index is 0.894. The fourth-order valence-corrected chi connectivity index (χ4v) is 2.07. The minimum Gasteiger partial charge on any atom is -0.0533 e. The van der Waals surface area contributed by atoms with Gasteiger partial charge in [-0.2, -0.15) is 0 Å². The maximum atomic E-state index is 5.55. The molecular weight excluding hydrogens is 132 g/mol. The van der Waals surface area contributed by atoms with E-state index in [0.717, 1.165) is 12.3 Å². The van der Waals surface area contributed by atoms with Crippen LogP contribution >= 0.6 is 0 Å². The van der Waals surface area contributed by atoms with Crippen molar-refractivity contribution < 1.29 is 0 Å². The van der Waals surface area contributed by atoms with Crippen molar-refractivity contribution in [1.29, 1.82) is 0 Å². The normalized spacial score (nSPS) is 22.6. The van der Waals surface area contributed by atoms with Crippen LogP contribution in [-0.2, 0) is 0 Å². The SMILES string of the molecule is [CH]CCC1CCCCCCC1. The average molecular weight is 152 g/mol. The van der Waals surface area contributed by atoms with Crippen LogP contribution in [0.1, 0.15) is 57.8 Å². The molecular formula is C11H20. The van der Waals surface area contributed by atoms with Crippen molar-refractivity contribution in [3.8, 4) is 0 Å². The lowest BCUT2D eigenvalue weighted by molar-refractivity contribution is 0.360. The largest absolute Gasteiger partial charge is 0.0533 e. The second kappa shape index (κ2) is 5.62. The summed E-state index contributed by atoms with van der Waals surface area (Å²) in [5.74, 6) is 0.959. The van der Waals surface area contributed by atoms with Gasteiger partial charge in [0.05, 0.1) is 0 Å². The van der Waals surface area contributed by atoms with Crippen molar-refractivity contribution in [2.75, 3.05) is 0 Å². The summed E-state index contributed by atoms with van der Waals surface area (Å²) in [5, 5.41) is 0. The first-order valence-electron chi connectivity index (χ1n) is 5.13. The maximum absolute atomic E-state index is 5.55. The summed E-state index contributed by atoms with van der Waals surface area (Å²) in [6.07, 6.45) is 12.3. The molecule has 0 aromatic rings. The Morgan fingerprint density at radius 2 is 1.45 bits per heavy atom. The van der Waals surface area contributed by atoms with E-state index in [-0.39, 0.29) is 0 Å². The molecule has 0 aromatic carbocycles. The van der Waals surface area contributed by atoms with Crippen LogP contribution in [0.5, 0.6) is 0 Å². The molecule has 0 unspecified atom stereocenters. The van der Waals surface area contributed by atoms with E-state index in [4.69, 9.17) is 6.92 Å². The number of rotatable bonds is 2. The van der Waals surface area contributed by atoms with Crippen LogP contribution in [0, 0.1) is 12.8 Å². The zero-order chi connectivity index (χ0) is 7.94. The Hall–Kier alpha value is 0. The molecule has 1 fully saturated rings. The van der Waals surface area contributed by atoms with E-state index in [1.807, 2.05) is 0 Å². The molecule has 1 saturated carbocycles. The van der Waals surface area contributed by atoms with Crippen molar-refractivity contribution in [2.45, 2.75) is 57.8 Å². The minimum absolute atomic E-state index is 0.894. The van der Waals surface area contributed by atoms with Crippen molar-refractivity contribution in [3.05, 3.63) is 6.92 Å². The van der Waals surface area contributed by atoms with Crippen LogP contribution in [0.2, 0.25) is 0 Å². The Labute approximate surface area is 71.4 Å². The van der Waals surface area contributed by atoms with Gasteiger partial charge in [0, 0.05) is 0 Å². The molecule has 0 aliphatic heterocycles. The Morgan fingerprint density at radius 3 is 2.00 bits per heavy atom. The van der Waals surface area contributed by atoms with Crippen LogP contribution in [0.3, 0.4) is 0 Å². The van der Waals surface area contributed by atoms with Gasteiger partial charge in [-0.3, -0.25) is 0 Å². The zero-order valence-electron chi connectivity index (χ0n) is 7.52. The third-order valence-corrected chi connectivity index (χ3v) is 2.80. The van der Waals surface area contributed by atoms with E-state index in [9.17, 15) is 0 Å². The Kier molecular flexibility index (Phi) is 4.65. The summed E-state index contributed by atoms with van der Waals surface area (Å²) >= 11 is 0. The molecule has 1 aliphatic rings. The van der Waals surface area contributed by atoms with Crippen LogP contribution in [-0.4, -0.2) is 0 Å². The van der Waals surface area contributed by atoms with E-state index in [1.54, 1.807) is 0 Å². The van der Waals surface area contributed by atoms with Crippen molar-refractivity contribution in [2.24, 2.45) is 5.92 Å². The monoisotopic (exact) mass is 152 g/mol. The third-order valence-electron chi connectivity index (χ3n) is 2.80. The number of hydrogen-bond donors (Lipinski definition) is 0. The van der Waals surface area contributed by atoms with Gasteiger partial charge >= 0.3 is 0 Å². The quantitative estimate of drug-likeness (QED) is 0.564. The molecule has 1 rings (SSSR count). The predicted molar refractivity (Wildman–Crippen MR) is 49.3 cm³/mol. The van der Waals surface area contributed by atoms with Gasteiger partial charge in [0.25, 0.3) is 0 Å². The smallest absolute Gasteiger partial charge is 0.0352 e. The van der Waals surface area contributed by atoms with Gasteiger partial charge in [-0.05, 0) is 19.3 Å². The second-order valence-electron chi connectivity index (χ2n) is 3.79. The van der Waals surface area contributed by atoms with Crippen LogP contribution in [0.15, 0.2) is 0 Å². The lowest BCUT2D eigenvalue weighted by atomic mass is 9.88. The van der Waals surface area contributed by atoms with Gasteiger partial charge in [0.15, 0.2) is 0 Å². The topological polar surface area (TPSA) is 0 Å². The van der Waals surface area contributed by atoms with Gasteiger partial charge in [-0.25, -0.2) is 0 Å². The van der Waals surface area contributed by atoms with Crippen molar-refractivity contribution in [3.63, 3.8) is 0 Å². The van der Waals surface area contributed by atoms with E-state index in [0.29, 0.717) is 0 Å². The van der Waals surface area contributed by atoms with Gasteiger partial charge in [0.2, 0.25) is 0 Å². The molecule has 0 nitrogen and oxygen atoms in total. The molecule has 0 atom stereocenters. The summed E-state index contributed by atoms with van der Waals surface area (Å²) in [4.78, 5) is 0. The molecule has 0 spiro atoms. The maximum Gasteiger partial charge on any atom is -0.0352 e.